The summed E-state index contributed by atoms with van der Waals surface area (Å²) in [5, 5.41) is 2.99. The molecule has 3 rings (SSSR count). The van der Waals surface area contributed by atoms with Gasteiger partial charge in [-0.1, -0.05) is 48.5 Å². The molecule has 0 aliphatic heterocycles. The van der Waals surface area contributed by atoms with Crippen molar-refractivity contribution in [1.29, 1.82) is 0 Å². The quantitative estimate of drug-likeness (QED) is 0.426. The van der Waals surface area contributed by atoms with E-state index >= 15 is 0 Å². The summed E-state index contributed by atoms with van der Waals surface area (Å²) in [4.78, 5) is 15.2. The van der Waals surface area contributed by atoms with Crippen LogP contribution < -0.4 is 10.1 Å². The number of ether oxygens (including phenoxy) is 1. The summed E-state index contributed by atoms with van der Waals surface area (Å²) in [6.45, 7) is 12.3. The fourth-order valence-corrected chi connectivity index (χ4v) is 3.85. The van der Waals surface area contributed by atoms with Crippen LogP contribution in [0.3, 0.4) is 0 Å². The van der Waals surface area contributed by atoms with E-state index in [9.17, 15) is 4.79 Å². The van der Waals surface area contributed by atoms with Crippen molar-refractivity contribution in [3.05, 3.63) is 83.9 Å². The molecule has 0 saturated carbocycles. The molecule has 1 N–H and O–H groups in total. The van der Waals surface area contributed by atoms with Gasteiger partial charge in [-0.2, -0.15) is 0 Å². The molecule has 168 valence electrons. The number of nitrogens with zero attached hydrogens (tertiary/aromatic N) is 1. The molecule has 0 heterocycles. The molecule has 0 aliphatic rings. The van der Waals surface area contributed by atoms with Crippen LogP contribution in [0.4, 0.5) is 5.69 Å². The van der Waals surface area contributed by atoms with Crippen molar-refractivity contribution in [3.8, 4) is 16.9 Å². The molecule has 32 heavy (non-hydrogen) atoms. The summed E-state index contributed by atoms with van der Waals surface area (Å²) in [5.41, 5.74) is 4.62. The Morgan fingerprint density at radius 3 is 2.12 bits per heavy atom. The molecular weight excluding hydrogens is 396 g/mol. The van der Waals surface area contributed by atoms with Gasteiger partial charge in [0.05, 0.1) is 0 Å². The number of nitrogens with one attached hydrogen (secondary N) is 1. The summed E-state index contributed by atoms with van der Waals surface area (Å²) in [5.74, 6) is 0.667. The molecule has 0 spiro atoms. The first-order valence-electron chi connectivity index (χ1n) is 11.3. The minimum Gasteiger partial charge on any atom is -0.492 e. The number of carbonyl (C=O) groups excluding carboxylic acids is 1. The smallest absolute Gasteiger partial charge is 0.255 e. The molecule has 3 aromatic carbocycles. The topological polar surface area (TPSA) is 41.6 Å². The molecule has 0 bridgehead atoms. The van der Waals surface area contributed by atoms with E-state index in [0.29, 0.717) is 24.3 Å². The van der Waals surface area contributed by atoms with Crippen molar-refractivity contribution in [3.63, 3.8) is 0 Å². The van der Waals surface area contributed by atoms with Gasteiger partial charge >= 0.3 is 0 Å². The first-order valence-corrected chi connectivity index (χ1v) is 11.3. The molecule has 0 atom stereocenters. The van der Waals surface area contributed by atoms with Gasteiger partial charge < -0.3 is 10.1 Å². The van der Waals surface area contributed by atoms with E-state index in [1.807, 2.05) is 67.6 Å². The van der Waals surface area contributed by atoms with Crippen LogP contribution in [0.5, 0.6) is 5.75 Å². The van der Waals surface area contributed by atoms with E-state index in [1.165, 1.54) is 0 Å². The Bertz CT molecular complexity index is 1000. The number of aryl methyl sites for hydroxylation is 1. The van der Waals surface area contributed by atoms with Gasteiger partial charge in [0.15, 0.2) is 0 Å². The summed E-state index contributed by atoms with van der Waals surface area (Å²) in [6, 6.07) is 24.5. The van der Waals surface area contributed by atoms with E-state index in [4.69, 9.17) is 4.74 Å². The van der Waals surface area contributed by atoms with Gasteiger partial charge in [-0.05, 0) is 69.5 Å². The Morgan fingerprint density at radius 1 is 0.875 bits per heavy atom. The molecule has 1 amide bonds. The average molecular weight is 431 g/mol. The molecule has 4 nitrogen and oxygen atoms in total. The molecule has 0 aliphatic carbocycles. The first kappa shape index (κ1) is 23.6. The van der Waals surface area contributed by atoms with Crippen LogP contribution in [0, 0.1) is 6.92 Å². The summed E-state index contributed by atoms with van der Waals surface area (Å²) < 4.78 is 6.07. The van der Waals surface area contributed by atoms with E-state index in [0.717, 1.165) is 34.7 Å². The average Bonchev–Trinajstić information content (AvgIpc) is 2.78. The van der Waals surface area contributed by atoms with Crippen molar-refractivity contribution in [2.45, 2.75) is 46.7 Å². The fraction of sp³-hybridized carbons (Fsp3) is 0.321. The third-order valence-electron chi connectivity index (χ3n) is 5.63. The van der Waals surface area contributed by atoms with Crippen molar-refractivity contribution < 1.29 is 9.53 Å². The maximum Gasteiger partial charge on any atom is 0.255 e. The number of benzene rings is 3. The van der Waals surface area contributed by atoms with Crippen molar-refractivity contribution in [2.75, 3.05) is 18.5 Å². The Balaban J connectivity index is 1.63. The zero-order chi connectivity index (χ0) is 23.1. The molecule has 0 saturated heterocycles. The van der Waals surface area contributed by atoms with Gasteiger partial charge in [0.1, 0.15) is 12.4 Å². The molecule has 0 radical (unpaired) electrons. The lowest BCUT2D eigenvalue weighted by atomic mass is 10.0. The highest BCUT2D eigenvalue weighted by molar-refractivity contribution is 6.04. The number of hydrogen-bond donors (Lipinski definition) is 1. The molecule has 0 aromatic heterocycles. The predicted octanol–water partition coefficient (Wildman–Crippen LogP) is 6.41. The summed E-state index contributed by atoms with van der Waals surface area (Å²) in [6.07, 6.45) is 0. The maximum absolute atomic E-state index is 12.8. The molecular formula is C28H34N2O2. The van der Waals surface area contributed by atoms with Crippen LogP contribution in [0.1, 0.15) is 43.6 Å². The highest BCUT2D eigenvalue weighted by atomic mass is 16.5. The number of rotatable bonds is 9. The Kier molecular flexibility index (Phi) is 8.07. The minimum atomic E-state index is -0.134. The van der Waals surface area contributed by atoms with Gasteiger partial charge in [-0.3, -0.25) is 9.69 Å². The van der Waals surface area contributed by atoms with Crippen LogP contribution in [0.25, 0.3) is 11.1 Å². The van der Waals surface area contributed by atoms with E-state index < -0.39 is 0 Å². The number of carbonyl (C=O) groups is 1. The zero-order valence-electron chi connectivity index (χ0n) is 19.8. The first-order chi connectivity index (χ1) is 15.3. The van der Waals surface area contributed by atoms with E-state index in [2.05, 4.69) is 50.0 Å². The number of amides is 1. The van der Waals surface area contributed by atoms with Gasteiger partial charge in [-0.15, -0.1) is 0 Å². The lowest BCUT2D eigenvalue weighted by Crippen LogP contribution is -2.39. The molecule has 0 fully saturated rings. The van der Waals surface area contributed by atoms with Crippen LogP contribution in [-0.4, -0.2) is 36.0 Å². The lowest BCUT2D eigenvalue weighted by Gasteiger charge is -2.30. The van der Waals surface area contributed by atoms with Gasteiger partial charge in [0.2, 0.25) is 0 Å². The fourth-order valence-electron chi connectivity index (χ4n) is 3.85. The van der Waals surface area contributed by atoms with Crippen LogP contribution in [0.2, 0.25) is 0 Å². The highest BCUT2D eigenvalue weighted by Crippen LogP contribution is 2.24. The molecule has 4 heteroatoms. The standard InChI is InChI=1S/C28H34N2O2/c1-20(2)30(21(3)4)17-18-32-27-19-26(16-11-22(27)5)29-28(31)25-14-12-24(13-15-25)23-9-7-6-8-10-23/h6-16,19-21H,17-18H2,1-5H3,(H,29,31). The number of anilines is 1. The predicted molar refractivity (Wildman–Crippen MR) is 133 cm³/mol. The van der Waals surface area contributed by atoms with Gasteiger partial charge in [-0.25, -0.2) is 0 Å². The van der Waals surface area contributed by atoms with E-state index in [-0.39, 0.29) is 5.91 Å². The lowest BCUT2D eigenvalue weighted by molar-refractivity contribution is 0.102. The molecule has 0 unspecified atom stereocenters. The highest BCUT2D eigenvalue weighted by Gasteiger charge is 2.14. The summed E-state index contributed by atoms with van der Waals surface area (Å²) in [7, 11) is 0. The van der Waals surface area contributed by atoms with E-state index in [1.54, 1.807) is 0 Å². The maximum atomic E-state index is 12.8. The van der Waals surface area contributed by atoms with Crippen LogP contribution in [-0.2, 0) is 0 Å². The Labute approximate surface area is 192 Å². The Morgan fingerprint density at radius 2 is 1.50 bits per heavy atom. The van der Waals surface area contributed by atoms with Crippen molar-refractivity contribution >= 4 is 11.6 Å². The third kappa shape index (κ3) is 6.21. The molecule has 3 aromatic rings. The second-order valence-corrected chi connectivity index (χ2v) is 8.65. The largest absolute Gasteiger partial charge is 0.492 e. The SMILES string of the molecule is Cc1ccc(NC(=O)c2ccc(-c3ccccc3)cc2)cc1OCCN(C(C)C)C(C)C. The Hall–Kier alpha value is -3.11. The van der Waals surface area contributed by atoms with Crippen molar-refractivity contribution in [2.24, 2.45) is 0 Å². The van der Waals surface area contributed by atoms with Gasteiger partial charge in [0.25, 0.3) is 5.91 Å². The normalized spacial score (nSPS) is 11.2. The summed E-state index contributed by atoms with van der Waals surface area (Å²) >= 11 is 0. The third-order valence-corrected chi connectivity index (χ3v) is 5.63. The van der Waals surface area contributed by atoms with Gasteiger partial charge in [0, 0.05) is 35.9 Å². The monoisotopic (exact) mass is 430 g/mol. The van der Waals surface area contributed by atoms with Crippen molar-refractivity contribution in [1.82, 2.24) is 4.90 Å². The second-order valence-electron chi connectivity index (χ2n) is 8.65. The van der Waals surface area contributed by atoms with Crippen LogP contribution in [0.15, 0.2) is 72.8 Å². The second kappa shape index (κ2) is 11.0. The zero-order valence-corrected chi connectivity index (χ0v) is 19.8. The number of hydrogen-bond acceptors (Lipinski definition) is 3. The van der Waals surface area contributed by atoms with Crippen LogP contribution >= 0.6 is 0 Å². The minimum absolute atomic E-state index is 0.134.